The molecule has 0 heterocycles. The Morgan fingerprint density at radius 3 is 3.00 bits per heavy atom. The minimum absolute atomic E-state index is 0.741. The van der Waals surface area contributed by atoms with Crippen LogP contribution in [0, 0.1) is 0 Å². The maximum absolute atomic E-state index is 5.91. The average molecular weight is 240 g/mol. The van der Waals surface area contributed by atoms with E-state index in [0.717, 1.165) is 30.3 Å². The van der Waals surface area contributed by atoms with Crippen LogP contribution in [0.15, 0.2) is 29.8 Å². The standard InChI is InChI=1S/C13H18ClNO/c1-11(10-15-6-7-16-2)8-12-4-3-5-13(14)9-12/h3-5,8-9,15H,6-7,10H2,1-2H3. The summed E-state index contributed by atoms with van der Waals surface area (Å²) in [5, 5.41) is 4.07. The fourth-order valence-electron chi connectivity index (χ4n) is 1.39. The van der Waals surface area contributed by atoms with Gasteiger partial charge in [0.15, 0.2) is 0 Å². The molecular formula is C13H18ClNO. The Morgan fingerprint density at radius 2 is 2.31 bits per heavy atom. The molecule has 2 nitrogen and oxygen atoms in total. The number of hydrogen-bond donors (Lipinski definition) is 1. The van der Waals surface area contributed by atoms with Crippen molar-refractivity contribution in [2.24, 2.45) is 0 Å². The third-order valence-electron chi connectivity index (χ3n) is 2.15. The molecule has 0 aliphatic carbocycles. The van der Waals surface area contributed by atoms with E-state index >= 15 is 0 Å². The lowest BCUT2D eigenvalue weighted by Gasteiger charge is -2.04. The van der Waals surface area contributed by atoms with Gasteiger partial charge in [0, 0.05) is 25.2 Å². The average Bonchev–Trinajstić information content (AvgIpc) is 2.24. The van der Waals surface area contributed by atoms with E-state index in [1.54, 1.807) is 7.11 Å². The van der Waals surface area contributed by atoms with Crippen LogP contribution in [0.5, 0.6) is 0 Å². The van der Waals surface area contributed by atoms with Crippen molar-refractivity contribution in [3.8, 4) is 0 Å². The van der Waals surface area contributed by atoms with Crippen molar-refractivity contribution in [2.75, 3.05) is 26.8 Å². The molecule has 3 heteroatoms. The fraction of sp³-hybridized carbons (Fsp3) is 0.385. The molecule has 1 aromatic rings. The normalized spacial score (nSPS) is 11.8. The van der Waals surface area contributed by atoms with Crippen molar-refractivity contribution in [3.05, 3.63) is 40.4 Å². The molecule has 1 aromatic carbocycles. The largest absolute Gasteiger partial charge is 0.383 e. The lowest BCUT2D eigenvalue weighted by atomic mass is 10.1. The molecule has 0 fully saturated rings. The Bertz CT molecular complexity index is 350. The second-order valence-electron chi connectivity index (χ2n) is 3.72. The van der Waals surface area contributed by atoms with Crippen molar-refractivity contribution in [3.63, 3.8) is 0 Å². The molecule has 0 saturated heterocycles. The minimum Gasteiger partial charge on any atom is -0.383 e. The summed E-state index contributed by atoms with van der Waals surface area (Å²) in [5.41, 5.74) is 2.41. The highest BCUT2D eigenvalue weighted by Crippen LogP contribution is 2.13. The van der Waals surface area contributed by atoms with Crippen molar-refractivity contribution < 1.29 is 4.74 Å². The smallest absolute Gasteiger partial charge is 0.0587 e. The van der Waals surface area contributed by atoms with Gasteiger partial charge in [-0.05, 0) is 24.6 Å². The molecule has 1 N–H and O–H groups in total. The van der Waals surface area contributed by atoms with Gasteiger partial charge in [0.1, 0.15) is 0 Å². The van der Waals surface area contributed by atoms with Crippen LogP contribution in [0.2, 0.25) is 5.02 Å². The van der Waals surface area contributed by atoms with Crippen molar-refractivity contribution in [1.29, 1.82) is 0 Å². The highest BCUT2D eigenvalue weighted by molar-refractivity contribution is 6.30. The van der Waals surface area contributed by atoms with Crippen LogP contribution in [0.1, 0.15) is 12.5 Å². The Balaban J connectivity index is 2.43. The molecule has 0 bridgehead atoms. The van der Waals surface area contributed by atoms with E-state index in [-0.39, 0.29) is 0 Å². The third-order valence-corrected chi connectivity index (χ3v) is 2.38. The highest BCUT2D eigenvalue weighted by atomic mass is 35.5. The molecule has 0 saturated carbocycles. The number of benzene rings is 1. The molecule has 0 radical (unpaired) electrons. The summed E-state index contributed by atoms with van der Waals surface area (Å²) in [7, 11) is 1.70. The van der Waals surface area contributed by atoms with E-state index in [4.69, 9.17) is 16.3 Å². The summed E-state index contributed by atoms with van der Waals surface area (Å²) in [6, 6.07) is 7.84. The number of methoxy groups -OCH3 is 1. The zero-order valence-electron chi connectivity index (χ0n) is 9.79. The van der Waals surface area contributed by atoms with Gasteiger partial charge in [-0.2, -0.15) is 0 Å². The molecule has 88 valence electrons. The number of nitrogens with one attached hydrogen (secondary N) is 1. The molecule has 1 rings (SSSR count). The predicted molar refractivity (Wildman–Crippen MR) is 69.8 cm³/mol. The molecule has 0 aliphatic rings. The molecule has 0 spiro atoms. The summed E-state index contributed by atoms with van der Waals surface area (Å²) < 4.78 is 4.96. The van der Waals surface area contributed by atoms with Gasteiger partial charge in [-0.3, -0.25) is 0 Å². The van der Waals surface area contributed by atoms with E-state index < -0.39 is 0 Å². The van der Waals surface area contributed by atoms with Crippen LogP contribution < -0.4 is 5.32 Å². The quantitative estimate of drug-likeness (QED) is 0.771. The Hall–Kier alpha value is -0.830. The van der Waals surface area contributed by atoms with Gasteiger partial charge in [-0.1, -0.05) is 35.4 Å². The van der Waals surface area contributed by atoms with Crippen LogP contribution in [0.3, 0.4) is 0 Å². The van der Waals surface area contributed by atoms with Crippen LogP contribution in [-0.2, 0) is 4.74 Å². The van der Waals surface area contributed by atoms with Gasteiger partial charge < -0.3 is 10.1 Å². The fourth-order valence-corrected chi connectivity index (χ4v) is 1.59. The van der Waals surface area contributed by atoms with Crippen LogP contribution in [0.4, 0.5) is 0 Å². The van der Waals surface area contributed by atoms with E-state index in [1.165, 1.54) is 5.57 Å². The topological polar surface area (TPSA) is 21.3 Å². The highest BCUT2D eigenvalue weighted by Gasteiger charge is 1.93. The van der Waals surface area contributed by atoms with E-state index in [2.05, 4.69) is 18.3 Å². The second-order valence-corrected chi connectivity index (χ2v) is 4.15. The number of ether oxygens (including phenoxy) is 1. The summed E-state index contributed by atoms with van der Waals surface area (Å²) >= 11 is 5.91. The number of hydrogen-bond acceptors (Lipinski definition) is 2. The Morgan fingerprint density at radius 1 is 1.50 bits per heavy atom. The lowest BCUT2D eigenvalue weighted by molar-refractivity contribution is 0.200. The molecular weight excluding hydrogens is 222 g/mol. The first-order valence-corrected chi connectivity index (χ1v) is 5.72. The Kier molecular flexibility index (Phi) is 6.16. The predicted octanol–water partition coefficient (Wildman–Crippen LogP) is 2.98. The SMILES string of the molecule is COCCNCC(C)=Cc1cccc(Cl)c1. The summed E-state index contributed by atoms with van der Waals surface area (Å²) in [6.07, 6.45) is 2.13. The zero-order valence-corrected chi connectivity index (χ0v) is 10.6. The van der Waals surface area contributed by atoms with Crippen molar-refractivity contribution in [2.45, 2.75) is 6.92 Å². The van der Waals surface area contributed by atoms with Crippen LogP contribution >= 0.6 is 11.6 Å². The van der Waals surface area contributed by atoms with Gasteiger partial charge >= 0.3 is 0 Å². The maximum Gasteiger partial charge on any atom is 0.0587 e. The first-order chi connectivity index (χ1) is 7.72. The Labute approximate surface area is 102 Å². The monoisotopic (exact) mass is 239 g/mol. The van der Waals surface area contributed by atoms with Crippen LogP contribution in [0.25, 0.3) is 6.08 Å². The van der Waals surface area contributed by atoms with Gasteiger partial charge in [0.05, 0.1) is 6.61 Å². The molecule has 0 aromatic heterocycles. The molecule has 0 aliphatic heterocycles. The lowest BCUT2D eigenvalue weighted by Crippen LogP contribution is -2.20. The number of rotatable bonds is 6. The van der Waals surface area contributed by atoms with Crippen LogP contribution in [-0.4, -0.2) is 26.8 Å². The van der Waals surface area contributed by atoms with Gasteiger partial charge in [-0.15, -0.1) is 0 Å². The van der Waals surface area contributed by atoms with E-state index in [9.17, 15) is 0 Å². The molecule has 0 amide bonds. The zero-order chi connectivity index (χ0) is 11.8. The van der Waals surface area contributed by atoms with Crippen molar-refractivity contribution in [1.82, 2.24) is 5.32 Å². The summed E-state index contributed by atoms with van der Waals surface area (Å²) in [6.45, 7) is 4.58. The number of halogens is 1. The van der Waals surface area contributed by atoms with Gasteiger partial charge in [0.2, 0.25) is 0 Å². The first kappa shape index (κ1) is 13.2. The first-order valence-electron chi connectivity index (χ1n) is 5.35. The summed E-state index contributed by atoms with van der Waals surface area (Å²) in [4.78, 5) is 0. The van der Waals surface area contributed by atoms with Gasteiger partial charge in [0.25, 0.3) is 0 Å². The minimum atomic E-state index is 0.741. The summed E-state index contributed by atoms with van der Waals surface area (Å²) in [5.74, 6) is 0. The maximum atomic E-state index is 5.91. The van der Waals surface area contributed by atoms with Crippen molar-refractivity contribution >= 4 is 17.7 Å². The molecule has 0 unspecified atom stereocenters. The third kappa shape index (κ3) is 5.31. The van der Waals surface area contributed by atoms with E-state index in [0.29, 0.717) is 0 Å². The van der Waals surface area contributed by atoms with Gasteiger partial charge in [-0.25, -0.2) is 0 Å². The molecule has 16 heavy (non-hydrogen) atoms. The molecule has 0 atom stereocenters. The van der Waals surface area contributed by atoms with E-state index in [1.807, 2.05) is 24.3 Å². The second kappa shape index (κ2) is 7.44.